The number of hydrogen-bond acceptors (Lipinski definition) is 4. The van der Waals surface area contributed by atoms with Crippen LogP contribution in [0.5, 0.6) is 11.5 Å². The van der Waals surface area contributed by atoms with E-state index in [1.807, 2.05) is 36.4 Å². The lowest BCUT2D eigenvalue weighted by molar-refractivity contribution is 0.114. The van der Waals surface area contributed by atoms with Crippen LogP contribution in [0.15, 0.2) is 48.5 Å². The van der Waals surface area contributed by atoms with Gasteiger partial charge in [0.25, 0.3) is 0 Å². The third-order valence-corrected chi connectivity index (χ3v) is 3.88. The molecule has 1 unspecified atom stereocenters. The molecule has 22 heavy (non-hydrogen) atoms. The van der Waals surface area contributed by atoms with E-state index >= 15 is 0 Å². The van der Waals surface area contributed by atoms with Gasteiger partial charge >= 0.3 is 0 Å². The number of phenolic OH excluding ortho intramolecular Hbond substituents is 1. The molecule has 4 heteroatoms. The minimum Gasteiger partial charge on any atom is -0.508 e. The molecule has 0 radical (unpaired) electrons. The first-order valence-electron chi connectivity index (χ1n) is 7.34. The minimum atomic E-state index is -0.645. The molecule has 0 spiro atoms. The number of nitrogens with two attached hydrogens (primary N) is 1. The summed E-state index contributed by atoms with van der Waals surface area (Å²) in [5.41, 5.74) is 7.43. The van der Waals surface area contributed by atoms with Crippen molar-refractivity contribution in [3.63, 3.8) is 0 Å². The molecule has 4 N–H and O–H groups in total. The molecule has 2 rings (SSSR count). The molecule has 0 fully saturated rings. The van der Waals surface area contributed by atoms with E-state index in [4.69, 9.17) is 10.5 Å². The molecule has 118 valence electrons. The summed E-state index contributed by atoms with van der Waals surface area (Å²) in [5.74, 6) is 0.972. The normalized spacial score (nSPS) is 12.9. The van der Waals surface area contributed by atoms with Gasteiger partial charge in [0.2, 0.25) is 0 Å². The first kappa shape index (κ1) is 16.3. The maximum absolute atomic E-state index is 9.41. The maximum Gasteiger partial charge on any atom is 0.119 e. The Morgan fingerprint density at radius 2 is 1.50 bits per heavy atom. The molecule has 0 aliphatic rings. The zero-order chi connectivity index (χ0) is 16.2. The second-order valence-corrected chi connectivity index (χ2v) is 5.90. The molecule has 0 aliphatic heterocycles. The van der Waals surface area contributed by atoms with E-state index in [-0.39, 0.29) is 24.3 Å². The summed E-state index contributed by atoms with van der Waals surface area (Å²) < 4.78 is 5.48. The minimum absolute atomic E-state index is 0.178. The number of phenols is 1. The summed E-state index contributed by atoms with van der Waals surface area (Å²) >= 11 is 0. The van der Waals surface area contributed by atoms with Gasteiger partial charge in [0.15, 0.2) is 0 Å². The van der Waals surface area contributed by atoms with Crippen LogP contribution in [0.2, 0.25) is 0 Å². The summed E-state index contributed by atoms with van der Waals surface area (Å²) in [6, 6.07) is 15.1. The second-order valence-electron chi connectivity index (χ2n) is 5.90. The van der Waals surface area contributed by atoms with Crippen molar-refractivity contribution in [2.45, 2.75) is 25.4 Å². The number of ether oxygens (including phenoxy) is 1. The van der Waals surface area contributed by atoms with Crippen LogP contribution >= 0.6 is 0 Å². The molecule has 0 saturated carbocycles. The topological polar surface area (TPSA) is 75.7 Å². The first-order valence-corrected chi connectivity index (χ1v) is 7.34. The van der Waals surface area contributed by atoms with E-state index in [1.54, 1.807) is 12.1 Å². The number of aliphatic hydroxyl groups excluding tert-OH is 1. The second kappa shape index (κ2) is 6.81. The summed E-state index contributed by atoms with van der Waals surface area (Å²) in [5, 5.41) is 18.8. The molecule has 0 amide bonds. The van der Waals surface area contributed by atoms with Gasteiger partial charge in [0.05, 0.1) is 0 Å². The van der Waals surface area contributed by atoms with Crippen LogP contribution in [0.4, 0.5) is 0 Å². The molecule has 2 aromatic rings. The van der Waals surface area contributed by atoms with Crippen LogP contribution in [-0.2, 0) is 5.41 Å². The number of aliphatic hydroxyl groups is 1. The molecular formula is C18H23NO3. The Hall–Kier alpha value is -2.04. The fourth-order valence-corrected chi connectivity index (χ4v) is 2.27. The summed E-state index contributed by atoms with van der Waals surface area (Å²) in [6.07, 6.45) is -0.645. The van der Waals surface area contributed by atoms with E-state index in [0.29, 0.717) is 5.75 Å². The molecule has 0 heterocycles. The Kier molecular flexibility index (Phi) is 5.06. The first-order chi connectivity index (χ1) is 10.4. The summed E-state index contributed by atoms with van der Waals surface area (Å²) in [6.45, 7) is 4.64. The third-order valence-electron chi connectivity index (χ3n) is 3.88. The van der Waals surface area contributed by atoms with Gasteiger partial charge < -0.3 is 20.7 Å². The van der Waals surface area contributed by atoms with E-state index in [9.17, 15) is 10.2 Å². The standard InChI is InChI=1S/C18H23NO3/c1-18(2,13-3-7-15(20)8-4-13)14-5-9-17(10-6-14)22-12-16(21)11-19/h3-10,16,20-21H,11-12,19H2,1-2H3. The average molecular weight is 301 g/mol. The summed E-state index contributed by atoms with van der Waals surface area (Å²) in [7, 11) is 0. The van der Waals surface area contributed by atoms with Gasteiger partial charge in [0, 0.05) is 12.0 Å². The Bertz CT molecular complexity index is 591. The Balaban J connectivity index is 2.13. The van der Waals surface area contributed by atoms with Crippen molar-refractivity contribution in [2.75, 3.05) is 13.2 Å². The molecule has 4 nitrogen and oxygen atoms in total. The predicted molar refractivity (Wildman–Crippen MR) is 87.2 cm³/mol. The van der Waals surface area contributed by atoms with Gasteiger partial charge in [-0.1, -0.05) is 38.1 Å². The van der Waals surface area contributed by atoms with Crippen molar-refractivity contribution in [1.29, 1.82) is 0 Å². The van der Waals surface area contributed by atoms with E-state index in [0.717, 1.165) is 11.1 Å². The maximum atomic E-state index is 9.41. The Morgan fingerprint density at radius 3 is 2.00 bits per heavy atom. The van der Waals surface area contributed by atoms with Gasteiger partial charge in [-0.15, -0.1) is 0 Å². The average Bonchev–Trinajstić information content (AvgIpc) is 2.53. The van der Waals surface area contributed by atoms with Crippen molar-refractivity contribution in [1.82, 2.24) is 0 Å². The van der Waals surface area contributed by atoms with Gasteiger partial charge in [0.1, 0.15) is 24.2 Å². The predicted octanol–water partition coefficient (Wildman–Crippen LogP) is 2.42. The van der Waals surface area contributed by atoms with Gasteiger partial charge in [-0.3, -0.25) is 0 Å². The van der Waals surface area contributed by atoms with Gasteiger partial charge in [-0.05, 0) is 35.4 Å². The smallest absolute Gasteiger partial charge is 0.119 e. The van der Waals surface area contributed by atoms with Crippen LogP contribution in [0.1, 0.15) is 25.0 Å². The molecule has 0 aromatic heterocycles. The molecule has 0 aliphatic carbocycles. The molecule has 2 aromatic carbocycles. The highest BCUT2D eigenvalue weighted by molar-refractivity contribution is 5.41. The number of rotatable bonds is 6. The van der Waals surface area contributed by atoms with Gasteiger partial charge in [-0.2, -0.15) is 0 Å². The lowest BCUT2D eigenvalue weighted by Crippen LogP contribution is -2.26. The van der Waals surface area contributed by atoms with Crippen molar-refractivity contribution in [2.24, 2.45) is 5.73 Å². The van der Waals surface area contributed by atoms with Crippen LogP contribution < -0.4 is 10.5 Å². The van der Waals surface area contributed by atoms with E-state index in [1.165, 1.54) is 0 Å². The Morgan fingerprint density at radius 1 is 1.00 bits per heavy atom. The lowest BCUT2D eigenvalue weighted by atomic mass is 9.78. The lowest BCUT2D eigenvalue weighted by Gasteiger charge is -2.26. The largest absolute Gasteiger partial charge is 0.508 e. The highest BCUT2D eigenvalue weighted by Gasteiger charge is 2.23. The third kappa shape index (κ3) is 3.78. The fourth-order valence-electron chi connectivity index (χ4n) is 2.27. The van der Waals surface area contributed by atoms with Crippen molar-refractivity contribution in [3.8, 4) is 11.5 Å². The zero-order valence-corrected chi connectivity index (χ0v) is 13.0. The number of hydrogen-bond donors (Lipinski definition) is 3. The highest BCUT2D eigenvalue weighted by atomic mass is 16.5. The highest BCUT2D eigenvalue weighted by Crippen LogP contribution is 2.33. The molecule has 0 saturated heterocycles. The van der Waals surface area contributed by atoms with Crippen LogP contribution in [-0.4, -0.2) is 29.5 Å². The molecular weight excluding hydrogens is 278 g/mol. The van der Waals surface area contributed by atoms with Gasteiger partial charge in [-0.25, -0.2) is 0 Å². The van der Waals surface area contributed by atoms with E-state index in [2.05, 4.69) is 13.8 Å². The van der Waals surface area contributed by atoms with Crippen molar-refractivity contribution < 1.29 is 14.9 Å². The van der Waals surface area contributed by atoms with Crippen molar-refractivity contribution in [3.05, 3.63) is 59.7 Å². The number of aromatic hydroxyl groups is 1. The van der Waals surface area contributed by atoms with Crippen LogP contribution in [0.3, 0.4) is 0 Å². The van der Waals surface area contributed by atoms with Crippen molar-refractivity contribution >= 4 is 0 Å². The Labute approximate surface area is 131 Å². The monoisotopic (exact) mass is 301 g/mol. The molecule has 0 bridgehead atoms. The van der Waals surface area contributed by atoms with Crippen LogP contribution in [0.25, 0.3) is 0 Å². The quantitative estimate of drug-likeness (QED) is 0.766. The van der Waals surface area contributed by atoms with Crippen LogP contribution in [0, 0.1) is 0 Å². The van der Waals surface area contributed by atoms with E-state index < -0.39 is 6.10 Å². The summed E-state index contributed by atoms with van der Waals surface area (Å²) in [4.78, 5) is 0. The SMILES string of the molecule is CC(C)(c1ccc(O)cc1)c1ccc(OCC(O)CN)cc1. The fraction of sp³-hybridized carbons (Fsp3) is 0.333. The molecule has 1 atom stereocenters. The zero-order valence-electron chi connectivity index (χ0n) is 13.0. The number of benzene rings is 2.